The lowest BCUT2D eigenvalue weighted by Crippen LogP contribution is -2.51. The van der Waals surface area contributed by atoms with Crippen LogP contribution in [0.1, 0.15) is 25.8 Å². The predicted molar refractivity (Wildman–Crippen MR) is 106 cm³/mol. The lowest BCUT2D eigenvalue weighted by molar-refractivity contribution is -0.135. The number of H-pyrrole nitrogens is 1. The molecule has 1 heterocycles. The second kappa shape index (κ2) is 9.57. The summed E-state index contributed by atoms with van der Waals surface area (Å²) in [7, 11) is 0. The molecule has 0 bridgehead atoms. The number of benzene rings is 1. The molecule has 0 aliphatic heterocycles. The van der Waals surface area contributed by atoms with Crippen LogP contribution in [0, 0.1) is 11.8 Å². The van der Waals surface area contributed by atoms with Gasteiger partial charge >= 0.3 is 0 Å². The van der Waals surface area contributed by atoms with Crippen LogP contribution in [0.25, 0.3) is 10.9 Å². The maximum atomic E-state index is 12.8. The van der Waals surface area contributed by atoms with E-state index in [1.807, 2.05) is 38.1 Å². The number of alkyl halides is 1. The molecule has 2 aromatic rings. The summed E-state index contributed by atoms with van der Waals surface area (Å²) in [6.45, 7) is 3.75. The third kappa shape index (κ3) is 5.24. The molecule has 0 unspecified atom stereocenters. The van der Waals surface area contributed by atoms with Crippen LogP contribution in [0.15, 0.2) is 30.5 Å². The molecule has 0 aliphatic carbocycles. The molecule has 152 valence electrons. The number of carbonyl (C=O) groups is 3. The van der Waals surface area contributed by atoms with E-state index in [1.54, 1.807) is 6.20 Å². The Balaban J connectivity index is 2.19. The number of aromatic nitrogens is 1. The number of fused-ring (bicyclic) bond motifs is 1. The molecule has 0 radical (unpaired) electrons. The summed E-state index contributed by atoms with van der Waals surface area (Å²) in [4.78, 5) is 39.5. The first kappa shape index (κ1) is 21.7. The van der Waals surface area contributed by atoms with Crippen molar-refractivity contribution >= 4 is 40.2 Å². The van der Waals surface area contributed by atoms with E-state index in [1.165, 1.54) is 5.48 Å². The Hall–Kier alpha value is -2.58. The second-order valence-electron chi connectivity index (χ2n) is 7.14. The zero-order chi connectivity index (χ0) is 20.8. The van der Waals surface area contributed by atoms with Crippen molar-refractivity contribution in [2.24, 2.45) is 17.6 Å². The minimum Gasteiger partial charge on any atom is -0.368 e. The van der Waals surface area contributed by atoms with Crippen molar-refractivity contribution in [2.75, 3.05) is 0 Å². The molecule has 0 spiro atoms. The van der Waals surface area contributed by atoms with Gasteiger partial charge in [0.2, 0.25) is 11.8 Å². The summed E-state index contributed by atoms with van der Waals surface area (Å²) in [6.07, 6.45) is 2.26. The van der Waals surface area contributed by atoms with Crippen molar-refractivity contribution < 1.29 is 19.6 Å². The first-order chi connectivity index (χ1) is 13.2. The molecule has 6 N–H and O–H groups in total. The Labute approximate surface area is 167 Å². The fourth-order valence-corrected chi connectivity index (χ4v) is 3.40. The largest absolute Gasteiger partial charge is 0.368 e. The van der Waals surface area contributed by atoms with Gasteiger partial charge in [0.15, 0.2) is 0 Å². The van der Waals surface area contributed by atoms with Gasteiger partial charge < -0.3 is 16.0 Å². The molecule has 0 fully saturated rings. The lowest BCUT2D eigenvalue weighted by atomic mass is 9.92. The van der Waals surface area contributed by atoms with Gasteiger partial charge in [-0.25, -0.2) is 5.48 Å². The van der Waals surface area contributed by atoms with Crippen molar-refractivity contribution in [1.82, 2.24) is 15.8 Å². The number of hydrogen-bond donors (Lipinski definition) is 5. The Bertz CT molecular complexity index is 851. The smallest absolute Gasteiger partial charge is 0.262 e. The van der Waals surface area contributed by atoms with Crippen LogP contribution in [0.3, 0.4) is 0 Å². The third-order valence-corrected chi connectivity index (χ3v) is 5.04. The maximum Gasteiger partial charge on any atom is 0.262 e. The molecule has 2 rings (SSSR count). The quantitative estimate of drug-likeness (QED) is 0.243. The SMILES string of the molecule is CC(C)C[C@@H](C(=O)N[C@@H](Cc1c[nH]c2ccccc12)C(N)=O)[C@@H](Cl)C(=O)NO. The highest BCUT2D eigenvalue weighted by Gasteiger charge is 2.34. The standard InChI is InChI=1S/C19H25ClN4O4/c1-10(2)7-13(16(20)19(27)24-28)18(26)23-15(17(21)25)8-11-9-22-14-6-4-3-5-12(11)14/h3-6,9-10,13,15-16,22,28H,7-8H2,1-2H3,(H2,21,25)(H,23,26)(H,24,27)/t13-,15+,16-/m1/s1. The number of primary amides is 1. The highest BCUT2D eigenvalue weighted by Crippen LogP contribution is 2.22. The Morgan fingerprint density at radius 1 is 1.21 bits per heavy atom. The zero-order valence-electron chi connectivity index (χ0n) is 15.7. The molecule has 1 aromatic heterocycles. The maximum absolute atomic E-state index is 12.8. The normalized spacial score (nSPS) is 14.5. The molecule has 3 atom stereocenters. The van der Waals surface area contributed by atoms with Crippen LogP contribution in [-0.4, -0.2) is 39.3 Å². The number of nitrogens with two attached hydrogens (primary N) is 1. The third-order valence-electron chi connectivity index (χ3n) is 4.53. The van der Waals surface area contributed by atoms with E-state index in [0.29, 0.717) is 6.42 Å². The van der Waals surface area contributed by atoms with Gasteiger partial charge in [-0.1, -0.05) is 32.0 Å². The van der Waals surface area contributed by atoms with E-state index < -0.39 is 35.1 Å². The fourth-order valence-electron chi connectivity index (χ4n) is 3.13. The molecular formula is C19H25ClN4O4. The molecule has 0 saturated heterocycles. The Morgan fingerprint density at radius 3 is 2.50 bits per heavy atom. The number of para-hydroxylation sites is 1. The fraction of sp³-hybridized carbons (Fsp3) is 0.421. The molecule has 9 heteroatoms. The number of amides is 3. The topological polar surface area (TPSA) is 137 Å². The Morgan fingerprint density at radius 2 is 1.89 bits per heavy atom. The van der Waals surface area contributed by atoms with E-state index in [2.05, 4.69) is 10.3 Å². The van der Waals surface area contributed by atoms with Crippen LogP contribution in [0.5, 0.6) is 0 Å². The summed E-state index contributed by atoms with van der Waals surface area (Å²) in [6, 6.07) is 6.60. The molecule has 0 saturated carbocycles. The predicted octanol–water partition coefficient (Wildman–Crippen LogP) is 1.46. The van der Waals surface area contributed by atoms with E-state index in [4.69, 9.17) is 22.5 Å². The second-order valence-corrected chi connectivity index (χ2v) is 7.61. The van der Waals surface area contributed by atoms with E-state index in [-0.39, 0.29) is 12.3 Å². The Kier molecular flexibility index (Phi) is 7.42. The van der Waals surface area contributed by atoms with E-state index in [9.17, 15) is 14.4 Å². The average Bonchev–Trinajstić information content (AvgIpc) is 3.07. The van der Waals surface area contributed by atoms with Crippen LogP contribution in [-0.2, 0) is 20.8 Å². The molecule has 0 aliphatic rings. The van der Waals surface area contributed by atoms with Crippen molar-refractivity contribution in [1.29, 1.82) is 0 Å². The highest BCUT2D eigenvalue weighted by atomic mass is 35.5. The number of nitrogens with one attached hydrogen (secondary N) is 3. The first-order valence-electron chi connectivity index (χ1n) is 8.97. The van der Waals surface area contributed by atoms with Crippen molar-refractivity contribution in [3.05, 3.63) is 36.0 Å². The van der Waals surface area contributed by atoms with Crippen LogP contribution in [0.2, 0.25) is 0 Å². The highest BCUT2D eigenvalue weighted by molar-refractivity contribution is 6.32. The molecule has 8 nitrogen and oxygen atoms in total. The molecule has 1 aromatic carbocycles. The van der Waals surface area contributed by atoms with Crippen molar-refractivity contribution in [3.8, 4) is 0 Å². The van der Waals surface area contributed by atoms with Gasteiger partial charge in [-0.3, -0.25) is 19.6 Å². The summed E-state index contributed by atoms with van der Waals surface area (Å²) < 4.78 is 0. The van der Waals surface area contributed by atoms with Gasteiger partial charge in [-0.05, 0) is 24.0 Å². The first-order valence-corrected chi connectivity index (χ1v) is 9.41. The molecular weight excluding hydrogens is 384 g/mol. The van der Waals surface area contributed by atoms with Gasteiger partial charge in [0.05, 0.1) is 5.92 Å². The zero-order valence-corrected chi connectivity index (χ0v) is 16.5. The monoisotopic (exact) mass is 408 g/mol. The van der Waals surface area contributed by atoms with Crippen LogP contribution in [0.4, 0.5) is 0 Å². The van der Waals surface area contributed by atoms with Gasteiger partial charge in [-0.2, -0.15) is 0 Å². The minimum atomic E-state index is -1.28. The van der Waals surface area contributed by atoms with Crippen LogP contribution >= 0.6 is 11.6 Å². The van der Waals surface area contributed by atoms with Gasteiger partial charge in [0.25, 0.3) is 5.91 Å². The van der Waals surface area contributed by atoms with Gasteiger partial charge in [-0.15, -0.1) is 11.6 Å². The van der Waals surface area contributed by atoms with E-state index in [0.717, 1.165) is 16.5 Å². The number of aromatic amines is 1. The average molecular weight is 409 g/mol. The van der Waals surface area contributed by atoms with Crippen molar-refractivity contribution in [2.45, 2.75) is 38.1 Å². The van der Waals surface area contributed by atoms with E-state index >= 15 is 0 Å². The number of rotatable bonds is 9. The summed E-state index contributed by atoms with van der Waals surface area (Å²) in [5.74, 6) is -3.02. The van der Waals surface area contributed by atoms with Gasteiger partial charge in [0.1, 0.15) is 11.4 Å². The summed E-state index contributed by atoms with van der Waals surface area (Å²) in [5, 5.41) is 11.1. The molecule has 3 amide bonds. The number of hydrogen-bond acceptors (Lipinski definition) is 4. The summed E-state index contributed by atoms with van der Waals surface area (Å²) >= 11 is 6.07. The number of hydroxylamine groups is 1. The lowest BCUT2D eigenvalue weighted by Gasteiger charge is -2.24. The van der Waals surface area contributed by atoms with Crippen LogP contribution < -0.4 is 16.5 Å². The number of carbonyl (C=O) groups excluding carboxylic acids is 3. The number of halogens is 1. The minimum absolute atomic E-state index is 0.0594. The van der Waals surface area contributed by atoms with Gasteiger partial charge in [0, 0.05) is 23.5 Å². The summed E-state index contributed by atoms with van der Waals surface area (Å²) in [5.41, 5.74) is 8.69. The van der Waals surface area contributed by atoms with Crippen molar-refractivity contribution in [3.63, 3.8) is 0 Å². The molecule has 28 heavy (non-hydrogen) atoms.